The molecule has 0 atom stereocenters. The van der Waals surface area contributed by atoms with E-state index in [4.69, 9.17) is 9.47 Å². The van der Waals surface area contributed by atoms with E-state index in [1.165, 1.54) is 7.11 Å². The number of hydrogen-bond donors (Lipinski definition) is 0. The van der Waals surface area contributed by atoms with E-state index in [-0.39, 0.29) is 18.2 Å². The molecule has 6 nitrogen and oxygen atoms in total. The second-order valence-electron chi connectivity index (χ2n) is 6.58. The van der Waals surface area contributed by atoms with Crippen molar-refractivity contribution in [2.24, 2.45) is 4.99 Å². The van der Waals surface area contributed by atoms with Crippen molar-refractivity contribution in [1.29, 1.82) is 0 Å². The van der Waals surface area contributed by atoms with E-state index in [0.717, 1.165) is 29.0 Å². The van der Waals surface area contributed by atoms with E-state index in [2.05, 4.69) is 54.9 Å². The fourth-order valence-corrected chi connectivity index (χ4v) is 5.13. The van der Waals surface area contributed by atoms with Crippen molar-refractivity contribution in [3.05, 3.63) is 78.6 Å². The molecule has 3 aromatic carbocycles. The summed E-state index contributed by atoms with van der Waals surface area (Å²) >= 11 is 4.24. The molecule has 0 unspecified atom stereocenters. The van der Waals surface area contributed by atoms with Gasteiger partial charge in [0, 0.05) is 5.56 Å². The minimum Gasteiger partial charge on any atom is -0.480 e. The Bertz CT molecular complexity index is 1240. The number of carbonyl (C=O) groups excluding carboxylic acids is 2. The highest BCUT2D eigenvalue weighted by atomic mass is 127. The van der Waals surface area contributed by atoms with Crippen LogP contribution in [0.15, 0.2) is 65.3 Å². The molecule has 0 amide bonds. The second kappa shape index (κ2) is 9.35. The number of esters is 2. The zero-order valence-corrected chi connectivity index (χ0v) is 20.5. The molecule has 156 valence electrons. The van der Waals surface area contributed by atoms with Crippen molar-refractivity contribution in [1.82, 2.24) is 0 Å². The number of aliphatic imine (C=N–C) groups is 1. The van der Waals surface area contributed by atoms with Crippen LogP contribution in [0.1, 0.15) is 11.1 Å². The second-order valence-corrected chi connectivity index (χ2v) is 8.90. The maximum Gasteiger partial charge on any atom is 0.363 e. The van der Waals surface area contributed by atoms with Gasteiger partial charge in [-0.15, -0.1) is 0 Å². The van der Waals surface area contributed by atoms with E-state index in [0.29, 0.717) is 5.75 Å². The van der Waals surface area contributed by atoms with Gasteiger partial charge in [-0.2, -0.15) is 0 Å². The molecule has 0 fully saturated rings. The summed E-state index contributed by atoms with van der Waals surface area (Å²) in [5, 5.41) is 2.15. The Morgan fingerprint density at radius 3 is 2.48 bits per heavy atom. The predicted octanol–water partition coefficient (Wildman–Crippen LogP) is 4.95. The van der Waals surface area contributed by atoms with Gasteiger partial charge in [-0.25, -0.2) is 14.6 Å². The van der Waals surface area contributed by atoms with E-state index in [9.17, 15) is 9.59 Å². The maximum atomic E-state index is 12.4. The molecule has 1 heterocycles. The number of ether oxygens (including phenoxy) is 3. The molecule has 0 saturated heterocycles. The summed E-state index contributed by atoms with van der Waals surface area (Å²) in [5.41, 5.74) is 1.74. The summed E-state index contributed by atoms with van der Waals surface area (Å²) in [7, 11) is 1.31. The molecule has 0 radical (unpaired) electrons. The molecule has 1 aliphatic rings. The van der Waals surface area contributed by atoms with Crippen LogP contribution in [0.25, 0.3) is 16.8 Å². The monoisotopic (exact) mass is 639 g/mol. The van der Waals surface area contributed by atoms with Gasteiger partial charge in [-0.1, -0.05) is 30.3 Å². The van der Waals surface area contributed by atoms with Crippen molar-refractivity contribution in [2.75, 3.05) is 13.7 Å². The molecule has 3 aromatic rings. The summed E-state index contributed by atoms with van der Waals surface area (Å²) in [6.45, 7) is -0.172. The zero-order chi connectivity index (χ0) is 22.0. The lowest BCUT2D eigenvalue weighted by Gasteiger charge is -2.10. The van der Waals surface area contributed by atoms with Crippen LogP contribution in [-0.4, -0.2) is 31.6 Å². The molecular formula is C23H15I2NO5. The van der Waals surface area contributed by atoms with Gasteiger partial charge in [0.2, 0.25) is 5.90 Å². The molecule has 0 N–H and O–H groups in total. The molecule has 0 aliphatic carbocycles. The number of hydrogen-bond acceptors (Lipinski definition) is 6. The van der Waals surface area contributed by atoms with Crippen LogP contribution in [0, 0.1) is 7.14 Å². The minimum atomic E-state index is -0.501. The predicted molar refractivity (Wildman–Crippen MR) is 134 cm³/mol. The van der Waals surface area contributed by atoms with E-state index >= 15 is 0 Å². The maximum absolute atomic E-state index is 12.4. The van der Waals surface area contributed by atoms with Crippen LogP contribution in [0.2, 0.25) is 0 Å². The highest BCUT2D eigenvalue weighted by Crippen LogP contribution is 2.31. The smallest absolute Gasteiger partial charge is 0.363 e. The van der Waals surface area contributed by atoms with Gasteiger partial charge >= 0.3 is 11.9 Å². The lowest BCUT2D eigenvalue weighted by Crippen LogP contribution is -2.13. The zero-order valence-electron chi connectivity index (χ0n) is 16.2. The molecule has 31 heavy (non-hydrogen) atoms. The number of rotatable bonds is 5. The molecule has 0 bridgehead atoms. The highest BCUT2D eigenvalue weighted by molar-refractivity contribution is 14.1. The summed E-state index contributed by atoms with van der Waals surface area (Å²) in [5.74, 6) is -0.0891. The fraction of sp³-hybridized carbons (Fsp3) is 0.0870. The number of cyclic esters (lactones) is 1. The van der Waals surface area contributed by atoms with Crippen molar-refractivity contribution in [3.63, 3.8) is 0 Å². The third-order valence-electron chi connectivity index (χ3n) is 4.50. The van der Waals surface area contributed by atoms with Crippen LogP contribution >= 0.6 is 45.2 Å². The average molecular weight is 639 g/mol. The van der Waals surface area contributed by atoms with Gasteiger partial charge in [-0.3, -0.25) is 0 Å². The van der Waals surface area contributed by atoms with Gasteiger partial charge < -0.3 is 14.2 Å². The van der Waals surface area contributed by atoms with Crippen molar-refractivity contribution >= 4 is 79.9 Å². The first-order valence-electron chi connectivity index (χ1n) is 9.15. The summed E-state index contributed by atoms with van der Waals surface area (Å²) in [6, 6.07) is 17.5. The summed E-state index contributed by atoms with van der Waals surface area (Å²) in [4.78, 5) is 28.1. The first-order chi connectivity index (χ1) is 14.9. The minimum absolute atomic E-state index is 0.172. The Hall–Kier alpha value is -2.47. The summed E-state index contributed by atoms with van der Waals surface area (Å²) < 4.78 is 17.1. The Labute approximate surface area is 205 Å². The van der Waals surface area contributed by atoms with Crippen LogP contribution in [0.3, 0.4) is 0 Å². The summed E-state index contributed by atoms with van der Waals surface area (Å²) in [6.07, 6.45) is 1.67. The van der Waals surface area contributed by atoms with Crippen molar-refractivity contribution in [2.45, 2.75) is 0 Å². The Morgan fingerprint density at radius 2 is 1.77 bits per heavy atom. The lowest BCUT2D eigenvalue weighted by molar-refractivity contribution is -0.143. The van der Waals surface area contributed by atoms with E-state index in [1.807, 2.05) is 54.6 Å². The van der Waals surface area contributed by atoms with Gasteiger partial charge in [0.25, 0.3) is 0 Å². The quantitative estimate of drug-likeness (QED) is 0.225. The Morgan fingerprint density at radius 1 is 1.06 bits per heavy atom. The van der Waals surface area contributed by atoms with E-state index in [1.54, 1.807) is 6.08 Å². The molecule has 4 rings (SSSR count). The van der Waals surface area contributed by atoms with Gasteiger partial charge in [-0.05, 0) is 91.9 Å². The van der Waals surface area contributed by atoms with Crippen molar-refractivity contribution < 1.29 is 23.8 Å². The van der Waals surface area contributed by atoms with Gasteiger partial charge in [0.05, 0.1) is 14.3 Å². The van der Waals surface area contributed by atoms with Crippen molar-refractivity contribution in [3.8, 4) is 5.75 Å². The molecule has 1 aliphatic heterocycles. The first-order valence-corrected chi connectivity index (χ1v) is 11.3. The van der Waals surface area contributed by atoms with Crippen LogP contribution in [-0.2, 0) is 19.1 Å². The van der Waals surface area contributed by atoms with Crippen LogP contribution in [0.4, 0.5) is 0 Å². The normalized spacial score (nSPS) is 14.5. The van der Waals surface area contributed by atoms with E-state index < -0.39 is 11.9 Å². The fourth-order valence-electron chi connectivity index (χ4n) is 3.00. The number of carbonyl (C=O) groups is 2. The number of nitrogens with zero attached hydrogens (tertiary/aromatic N) is 1. The number of benzene rings is 3. The SMILES string of the molecule is COC(=O)COc1c(I)cc(/C=C2\N=C(c3ccc4ccccc4c3)OC2=O)cc1I. The highest BCUT2D eigenvalue weighted by Gasteiger charge is 2.24. The Kier molecular flexibility index (Phi) is 6.56. The molecule has 0 spiro atoms. The van der Waals surface area contributed by atoms with Crippen LogP contribution < -0.4 is 4.74 Å². The molecule has 0 aromatic heterocycles. The number of methoxy groups -OCH3 is 1. The first kappa shape index (κ1) is 21.8. The largest absolute Gasteiger partial charge is 0.480 e. The molecular weight excluding hydrogens is 624 g/mol. The molecule has 8 heteroatoms. The topological polar surface area (TPSA) is 74.2 Å². The number of fused-ring (bicyclic) bond motifs is 1. The Balaban J connectivity index is 1.61. The van der Waals surface area contributed by atoms with Gasteiger partial charge in [0.15, 0.2) is 12.3 Å². The number of halogens is 2. The third-order valence-corrected chi connectivity index (χ3v) is 6.11. The van der Waals surface area contributed by atoms with Gasteiger partial charge in [0.1, 0.15) is 5.75 Å². The van der Waals surface area contributed by atoms with Crippen LogP contribution in [0.5, 0.6) is 5.75 Å². The third kappa shape index (κ3) is 4.90. The standard InChI is InChI=1S/C23H15I2NO5/c1-29-20(27)12-30-21-17(24)8-13(9-18(21)25)10-19-23(28)31-22(26-19)16-7-6-14-4-2-3-5-15(14)11-16/h2-11H,12H2,1H3/b19-10-. The lowest BCUT2D eigenvalue weighted by atomic mass is 10.1. The molecule has 0 saturated carbocycles. The average Bonchev–Trinajstić information content (AvgIpc) is 3.12.